The van der Waals surface area contributed by atoms with Crippen molar-refractivity contribution in [2.45, 2.75) is 91.0 Å². The Balaban J connectivity index is 1.66. The van der Waals surface area contributed by atoms with Gasteiger partial charge in [-0.25, -0.2) is 0 Å². The van der Waals surface area contributed by atoms with Crippen molar-refractivity contribution in [3.05, 3.63) is 0 Å². The normalized spacial score (nSPS) is 40.4. The van der Waals surface area contributed by atoms with Gasteiger partial charge in [0, 0.05) is 6.04 Å². The Bertz CT molecular complexity index is 299. The number of rotatable bonds is 8. The molecule has 2 unspecified atom stereocenters. The molecule has 4 aliphatic rings. The van der Waals surface area contributed by atoms with Gasteiger partial charge in [-0.2, -0.15) is 0 Å². The summed E-state index contributed by atoms with van der Waals surface area (Å²) in [5.41, 5.74) is 0.738. The predicted molar refractivity (Wildman–Crippen MR) is 91.4 cm³/mol. The summed E-state index contributed by atoms with van der Waals surface area (Å²) < 4.78 is 0. The first-order valence-corrected chi connectivity index (χ1v) is 9.87. The summed E-state index contributed by atoms with van der Waals surface area (Å²) in [6.07, 6.45) is 14.9. The highest BCUT2D eigenvalue weighted by atomic mass is 14.9. The maximum absolute atomic E-state index is 3.93. The van der Waals surface area contributed by atoms with Gasteiger partial charge in [0.1, 0.15) is 0 Å². The van der Waals surface area contributed by atoms with Crippen LogP contribution >= 0.6 is 0 Å². The monoisotopic (exact) mass is 291 g/mol. The maximum atomic E-state index is 3.93. The molecule has 0 aromatic rings. The lowest BCUT2D eigenvalue weighted by Gasteiger charge is -2.58. The first kappa shape index (κ1) is 15.8. The first-order valence-electron chi connectivity index (χ1n) is 9.87. The molecule has 122 valence electrons. The molecule has 1 nitrogen and oxygen atoms in total. The molecule has 0 heterocycles. The highest BCUT2D eigenvalue weighted by Crippen LogP contribution is 2.61. The molecule has 0 aromatic heterocycles. The van der Waals surface area contributed by atoms with Gasteiger partial charge < -0.3 is 5.32 Å². The van der Waals surface area contributed by atoms with Crippen molar-refractivity contribution in [2.24, 2.45) is 29.1 Å². The zero-order valence-corrected chi connectivity index (χ0v) is 14.7. The van der Waals surface area contributed by atoms with Crippen molar-refractivity contribution < 1.29 is 0 Å². The molecule has 0 radical (unpaired) electrons. The Labute approximate surface area is 132 Å². The lowest BCUT2D eigenvalue weighted by Crippen LogP contribution is -2.50. The van der Waals surface area contributed by atoms with Crippen molar-refractivity contribution in [1.82, 2.24) is 5.32 Å². The van der Waals surface area contributed by atoms with E-state index in [1.54, 1.807) is 38.5 Å². The van der Waals surface area contributed by atoms with Crippen molar-refractivity contribution in [2.75, 3.05) is 6.54 Å². The molecule has 4 rings (SSSR count). The number of hydrogen-bond acceptors (Lipinski definition) is 1. The van der Waals surface area contributed by atoms with Gasteiger partial charge in [-0.05, 0) is 93.4 Å². The Hall–Kier alpha value is -0.0400. The van der Waals surface area contributed by atoms with E-state index in [1.807, 2.05) is 0 Å². The molecule has 0 saturated heterocycles. The summed E-state index contributed by atoms with van der Waals surface area (Å²) in [6.45, 7) is 8.36. The molecule has 0 aliphatic heterocycles. The fourth-order valence-electron chi connectivity index (χ4n) is 6.47. The minimum absolute atomic E-state index is 0.738. The standard InChI is InChI=1S/C20H37N/c1-4-6-15(3)19(21-7-5-2)14-20-11-16-8-17(12-20)10-18(9-16)13-20/h15-19,21H,4-14H2,1-3H3. The highest BCUT2D eigenvalue weighted by molar-refractivity contribution is 5.03. The van der Waals surface area contributed by atoms with E-state index in [2.05, 4.69) is 26.1 Å². The minimum atomic E-state index is 0.738. The second-order valence-electron chi connectivity index (χ2n) is 8.95. The first-order chi connectivity index (χ1) is 10.1. The number of hydrogen-bond donors (Lipinski definition) is 1. The van der Waals surface area contributed by atoms with E-state index in [9.17, 15) is 0 Å². The van der Waals surface area contributed by atoms with Crippen LogP contribution in [0.15, 0.2) is 0 Å². The molecule has 0 amide bonds. The van der Waals surface area contributed by atoms with E-state index in [-0.39, 0.29) is 0 Å². The third-order valence-corrected chi connectivity index (χ3v) is 6.91. The molecular weight excluding hydrogens is 254 g/mol. The topological polar surface area (TPSA) is 12.0 Å². The van der Waals surface area contributed by atoms with Gasteiger partial charge in [-0.1, -0.05) is 27.2 Å². The summed E-state index contributed by atoms with van der Waals surface area (Å²) in [5, 5.41) is 3.93. The van der Waals surface area contributed by atoms with Crippen LogP contribution in [0.25, 0.3) is 0 Å². The summed E-state index contributed by atoms with van der Waals surface area (Å²) in [5.74, 6) is 4.16. The lowest BCUT2D eigenvalue weighted by atomic mass is 9.48. The van der Waals surface area contributed by atoms with Gasteiger partial charge in [0.05, 0.1) is 0 Å². The fraction of sp³-hybridized carbons (Fsp3) is 1.00. The Morgan fingerprint density at radius 1 is 0.952 bits per heavy atom. The Kier molecular flexibility index (Phi) is 4.98. The van der Waals surface area contributed by atoms with Crippen LogP contribution in [0, 0.1) is 29.1 Å². The third kappa shape index (κ3) is 3.49. The third-order valence-electron chi connectivity index (χ3n) is 6.91. The van der Waals surface area contributed by atoms with Gasteiger partial charge in [0.2, 0.25) is 0 Å². The summed E-state index contributed by atoms with van der Waals surface area (Å²) in [6, 6.07) is 0.779. The van der Waals surface area contributed by atoms with Crippen LogP contribution in [0.5, 0.6) is 0 Å². The van der Waals surface area contributed by atoms with E-state index in [4.69, 9.17) is 0 Å². The molecule has 0 aromatic carbocycles. The van der Waals surface area contributed by atoms with Gasteiger partial charge >= 0.3 is 0 Å². The second-order valence-corrected chi connectivity index (χ2v) is 8.95. The van der Waals surface area contributed by atoms with Crippen LogP contribution < -0.4 is 5.32 Å². The smallest absolute Gasteiger partial charge is 0.00979 e. The maximum Gasteiger partial charge on any atom is 0.00979 e. The average Bonchev–Trinajstić information content (AvgIpc) is 2.42. The van der Waals surface area contributed by atoms with E-state index in [1.165, 1.54) is 32.2 Å². The molecule has 4 fully saturated rings. The average molecular weight is 292 g/mol. The Morgan fingerprint density at radius 2 is 1.52 bits per heavy atom. The summed E-state index contributed by atoms with van der Waals surface area (Å²) in [4.78, 5) is 0. The molecule has 4 saturated carbocycles. The van der Waals surface area contributed by atoms with Gasteiger partial charge in [0.15, 0.2) is 0 Å². The second kappa shape index (κ2) is 6.60. The predicted octanol–water partition coefficient (Wildman–Crippen LogP) is 5.40. The molecule has 1 heteroatoms. The quantitative estimate of drug-likeness (QED) is 0.631. The molecule has 2 atom stereocenters. The van der Waals surface area contributed by atoms with Crippen LogP contribution in [0.2, 0.25) is 0 Å². The van der Waals surface area contributed by atoms with Crippen molar-refractivity contribution in [3.63, 3.8) is 0 Å². The molecular formula is C20H37N. The van der Waals surface area contributed by atoms with Crippen LogP contribution in [-0.2, 0) is 0 Å². The molecule has 4 bridgehead atoms. The summed E-state index contributed by atoms with van der Waals surface area (Å²) >= 11 is 0. The van der Waals surface area contributed by atoms with Crippen LogP contribution in [0.1, 0.15) is 85.0 Å². The highest BCUT2D eigenvalue weighted by Gasteiger charge is 2.51. The van der Waals surface area contributed by atoms with Crippen molar-refractivity contribution >= 4 is 0 Å². The van der Waals surface area contributed by atoms with Gasteiger partial charge in [-0.15, -0.1) is 0 Å². The van der Waals surface area contributed by atoms with Crippen molar-refractivity contribution in [3.8, 4) is 0 Å². The molecule has 21 heavy (non-hydrogen) atoms. The largest absolute Gasteiger partial charge is 0.314 e. The van der Waals surface area contributed by atoms with Crippen LogP contribution in [0.4, 0.5) is 0 Å². The molecule has 4 aliphatic carbocycles. The van der Waals surface area contributed by atoms with E-state index >= 15 is 0 Å². The Morgan fingerprint density at radius 3 is 2.00 bits per heavy atom. The number of nitrogens with one attached hydrogen (secondary N) is 1. The molecule has 0 spiro atoms. The van der Waals surface area contributed by atoms with E-state index < -0.39 is 0 Å². The minimum Gasteiger partial charge on any atom is -0.314 e. The van der Waals surface area contributed by atoms with E-state index in [0.29, 0.717) is 0 Å². The lowest BCUT2D eigenvalue weighted by molar-refractivity contribution is -0.0647. The van der Waals surface area contributed by atoms with Crippen molar-refractivity contribution in [1.29, 1.82) is 0 Å². The van der Waals surface area contributed by atoms with Crippen LogP contribution in [-0.4, -0.2) is 12.6 Å². The van der Waals surface area contributed by atoms with Crippen LogP contribution in [0.3, 0.4) is 0 Å². The zero-order valence-electron chi connectivity index (χ0n) is 14.7. The van der Waals surface area contributed by atoms with E-state index in [0.717, 1.165) is 35.1 Å². The zero-order chi connectivity index (χ0) is 14.9. The van der Waals surface area contributed by atoms with Gasteiger partial charge in [0.25, 0.3) is 0 Å². The molecule has 1 N–H and O–H groups in total. The summed E-state index contributed by atoms with van der Waals surface area (Å²) in [7, 11) is 0. The van der Waals surface area contributed by atoms with Gasteiger partial charge in [-0.3, -0.25) is 0 Å². The fourth-order valence-corrected chi connectivity index (χ4v) is 6.47. The SMILES string of the molecule is CCCNC(CC12CC3CC(CC(C3)C1)C2)C(C)CCC.